The number of carbonyl (C=O) groups excluding carboxylic acids is 2. The molecule has 4 rings (SSSR count). The normalized spacial score (nSPS) is 14.3. The van der Waals surface area contributed by atoms with Gasteiger partial charge in [0.05, 0.1) is 31.2 Å². The number of carbonyl (C=O) groups is 2. The van der Waals surface area contributed by atoms with Gasteiger partial charge in [0.25, 0.3) is 5.91 Å². The molecular formula is C20H21N5O3. The summed E-state index contributed by atoms with van der Waals surface area (Å²) in [6.45, 7) is 2.60. The number of benzene rings is 2. The van der Waals surface area contributed by atoms with Gasteiger partial charge < -0.3 is 20.4 Å². The van der Waals surface area contributed by atoms with Crippen molar-refractivity contribution in [3.05, 3.63) is 59.9 Å². The maximum absolute atomic E-state index is 12.7. The van der Waals surface area contributed by atoms with E-state index in [0.717, 1.165) is 11.3 Å². The molecule has 8 nitrogen and oxygen atoms in total. The van der Waals surface area contributed by atoms with Gasteiger partial charge >= 0.3 is 0 Å². The van der Waals surface area contributed by atoms with Crippen LogP contribution in [-0.2, 0) is 0 Å². The van der Waals surface area contributed by atoms with Crippen LogP contribution in [0.25, 0.3) is 11.0 Å². The van der Waals surface area contributed by atoms with Gasteiger partial charge in [-0.3, -0.25) is 9.59 Å². The van der Waals surface area contributed by atoms with Crippen molar-refractivity contribution >= 4 is 22.8 Å². The number of imidazole rings is 1. The third-order valence-electron chi connectivity index (χ3n) is 5.00. The first-order valence-corrected chi connectivity index (χ1v) is 9.02. The van der Waals surface area contributed by atoms with Crippen LogP contribution < -0.4 is 15.5 Å². The molecule has 0 atom stereocenters. The molecule has 0 aliphatic carbocycles. The summed E-state index contributed by atoms with van der Waals surface area (Å²) in [6.07, 6.45) is 1.73. The largest absolute Gasteiger partial charge is 0.497 e. The molecule has 3 aromatic rings. The van der Waals surface area contributed by atoms with E-state index in [4.69, 9.17) is 10.5 Å². The van der Waals surface area contributed by atoms with Gasteiger partial charge in [-0.2, -0.15) is 0 Å². The number of fused-ring (bicyclic) bond motifs is 1. The molecule has 1 aliphatic heterocycles. The summed E-state index contributed by atoms with van der Waals surface area (Å²) < 4.78 is 7.11. The number of hydrogen-bond acceptors (Lipinski definition) is 5. The number of primary amides is 1. The first-order valence-electron chi connectivity index (χ1n) is 9.02. The maximum Gasteiger partial charge on any atom is 0.253 e. The molecule has 2 aromatic carbocycles. The van der Waals surface area contributed by atoms with E-state index in [0.29, 0.717) is 42.8 Å². The molecule has 2 N–H and O–H groups in total. The summed E-state index contributed by atoms with van der Waals surface area (Å²) in [5.41, 5.74) is 8.04. The molecule has 144 valence electrons. The van der Waals surface area contributed by atoms with Crippen LogP contribution in [0.15, 0.2) is 48.8 Å². The Morgan fingerprint density at radius 2 is 1.68 bits per heavy atom. The Morgan fingerprint density at radius 3 is 2.32 bits per heavy atom. The maximum atomic E-state index is 12.7. The monoisotopic (exact) mass is 379 g/mol. The van der Waals surface area contributed by atoms with Crippen LogP contribution in [0.2, 0.25) is 0 Å². The molecule has 2 heterocycles. The van der Waals surface area contributed by atoms with Crippen molar-refractivity contribution in [3.63, 3.8) is 0 Å². The molecular weight excluding hydrogens is 358 g/mol. The second-order valence-corrected chi connectivity index (χ2v) is 6.63. The molecule has 1 aromatic heterocycles. The summed E-state index contributed by atoms with van der Waals surface area (Å²) in [4.78, 5) is 30.3. The van der Waals surface area contributed by atoms with E-state index in [1.54, 1.807) is 49.8 Å². The zero-order valence-corrected chi connectivity index (χ0v) is 15.5. The lowest BCUT2D eigenvalue weighted by Gasteiger charge is -2.36. The topological polar surface area (TPSA) is 93.7 Å². The van der Waals surface area contributed by atoms with Crippen molar-refractivity contribution in [1.29, 1.82) is 0 Å². The summed E-state index contributed by atoms with van der Waals surface area (Å²) in [5, 5.41) is 2.14. The number of nitrogens with two attached hydrogens (primary N) is 1. The van der Waals surface area contributed by atoms with Gasteiger partial charge in [-0.15, -0.1) is 0 Å². The fourth-order valence-corrected chi connectivity index (χ4v) is 3.41. The number of nitrogens with zero attached hydrogens (tertiary/aromatic N) is 4. The fraction of sp³-hybridized carbons (Fsp3) is 0.250. The zero-order chi connectivity index (χ0) is 19.7. The third-order valence-corrected chi connectivity index (χ3v) is 5.00. The number of hydrogen-bond donors (Lipinski definition) is 1. The van der Waals surface area contributed by atoms with E-state index in [1.807, 2.05) is 15.6 Å². The highest BCUT2D eigenvalue weighted by atomic mass is 16.5. The van der Waals surface area contributed by atoms with Crippen molar-refractivity contribution < 1.29 is 14.3 Å². The van der Waals surface area contributed by atoms with Crippen LogP contribution in [0.3, 0.4) is 0 Å². The predicted octanol–water partition coefficient (Wildman–Crippen LogP) is 1.24. The highest BCUT2D eigenvalue weighted by molar-refractivity contribution is 5.96. The van der Waals surface area contributed by atoms with Crippen LogP contribution in [0, 0.1) is 0 Å². The average molecular weight is 379 g/mol. The van der Waals surface area contributed by atoms with E-state index in [2.05, 4.69) is 9.99 Å². The standard InChI is InChI=1S/C20H21N5O3/c1-28-16-5-2-14(3-6-16)20(27)23-8-10-24(11-9-23)25-13-22-17-12-15(19(21)26)4-7-18(17)25/h2-7,12-13H,8-11H2,1H3,(H2,21,26). The Bertz CT molecular complexity index is 1020. The van der Waals surface area contributed by atoms with Crippen LogP contribution in [-0.4, -0.2) is 59.7 Å². The summed E-state index contributed by atoms with van der Waals surface area (Å²) >= 11 is 0. The summed E-state index contributed by atoms with van der Waals surface area (Å²) in [5.74, 6) is 0.277. The highest BCUT2D eigenvalue weighted by Crippen LogP contribution is 2.18. The molecule has 8 heteroatoms. The Morgan fingerprint density at radius 1 is 1.00 bits per heavy atom. The number of amides is 2. The van der Waals surface area contributed by atoms with Crippen LogP contribution in [0.4, 0.5) is 0 Å². The molecule has 0 spiro atoms. The number of methoxy groups -OCH3 is 1. The number of aromatic nitrogens is 2. The van der Waals surface area contributed by atoms with Gasteiger partial charge in [-0.25, -0.2) is 9.66 Å². The lowest BCUT2D eigenvalue weighted by Crippen LogP contribution is -2.52. The Balaban J connectivity index is 1.45. The van der Waals surface area contributed by atoms with Crippen LogP contribution >= 0.6 is 0 Å². The zero-order valence-electron chi connectivity index (χ0n) is 15.5. The minimum Gasteiger partial charge on any atom is -0.497 e. The minimum atomic E-state index is -0.470. The van der Waals surface area contributed by atoms with Gasteiger partial charge in [0.15, 0.2) is 0 Å². The first kappa shape index (κ1) is 17.8. The van der Waals surface area contributed by atoms with Gasteiger partial charge in [0.2, 0.25) is 5.91 Å². The van der Waals surface area contributed by atoms with Crippen molar-refractivity contribution in [2.45, 2.75) is 0 Å². The molecule has 1 saturated heterocycles. The molecule has 1 aliphatic rings. The average Bonchev–Trinajstić information content (AvgIpc) is 3.16. The second-order valence-electron chi connectivity index (χ2n) is 6.63. The molecule has 0 bridgehead atoms. The number of piperazine rings is 1. The van der Waals surface area contributed by atoms with Gasteiger partial charge in [-0.1, -0.05) is 0 Å². The smallest absolute Gasteiger partial charge is 0.253 e. The minimum absolute atomic E-state index is 0.0175. The van der Waals surface area contributed by atoms with E-state index >= 15 is 0 Å². The van der Waals surface area contributed by atoms with E-state index in [-0.39, 0.29) is 5.91 Å². The van der Waals surface area contributed by atoms with Crippen molar-refractivity contribution in [1.82, 2.24) is 14.6 Å². The van der Waals surface area contributed by atoms with E-state index in [9.17, 15) is 9.59 Å². The van der Waals surface area contributed by atoms with Gasteiger partial charge in [-0.05, 0) is 42.5 Å². The second kappa shape index (κ2) is 7.22. The van der Waals surface area contributed by atoms with Gasteiger partial charge in [0, 0.05) is 24.2 Å². The Kier molecular flexibility index (Phi) is 4.60. The molecule has 0 saturated carbocycles. The van der Waals surface area contributed by atoms with Crippen molar-refractivity contribution in [3.8, 4) is 5.75 Å². The molecule has 2 amide bonds. The Labute approximate surface area is 162 Å². The number of ether oxygens (including phenoxy) is 1. The van der Waals surface area contributed by atoms with Crippen molar-refractivity contribution in [2.75, 3.05) is 38.3 Å². The number of rotatable bonds is 4. The quantitative estimate of drug-likeness (QED) is 0.736. The van der Waals surface area contributed by atoms with Gasteiger partial charge in [0.1, 0.15) is 12.1 Å². The summed E-state index contributed by atoms with van der Waals surface area (Å²) in [7, 11) is 1.60. The molecule has 28 heavy (non-hydrogen) atoms. The first-order chi connectivity index (χ1) is 13.6. The van der Waals surface area contributed by atoms with E-state index < -0.39 is 5.91 Å². The SMILES string of the molecule is COc1ccc(C(=O)N2CCN(n3cnc4cc(C(N)=O)ccc43)CC2)cc1. The lowest BCUT2D eigenvalue weighted by atomic mass is 10.1. The predicted molar refractivity (Wildman–Crippen MR) is 105 cm³/mol. The highest BCUT2D eigenvalue weighted by Gasteiger charge is 2.23. The summed E-state index contributed by atoms with van der Waals surface area (Å²) in [6, 6.07) is 12.4. The molecule has 1 fully saturated rings. The molecule has 0 unspecified atom stereocenters. The third kappa shape index (κ3) is 3.24. The van der Waals surface area contributed by atoms with Crippen LogP contribution in [0.1, 0.15) is 20.7 Å². The fourth-order valence-electron chi connectivity index (χ4n) is 3.41. The van der Waals surface area contributed by atoms with E-state index in [1.165, 1.54) is 0 Å². The van der Waals surface area contributed by atoms with Crippen molar-refractivity contribution in [2.24, 2.45) is 5.73 Å². The molecule has 0 radical (unpaired) electrons. The van der Waals surface area contributed by atoms with Crippen LogP contribution in [0.5, 0.6) is 5.75 Å². The lowest BCUT2D eigenvalue weighted by molar-refractivity contribution is 0.0738. The Hall–Kier alpha value is -3.55.